The molecule has 0 aliphatic heterocycles. The van der Waals surface area contributed by atoms with Crippen molar-refractivity contribution in [3.63, 3.8) is 0 Å². The van der Waals surface area contributed by atoms with Crippen LogP contribution in [0.2, 0.25) is 0 Å². The molecule has 0 bridgehead atoms. The van der Waals surface area contributed by atoms with Crippen LogP contribution in [0.3, 0.4) is 0 Å². The van der Waals surface area contributed by atoms with E-state index >= 15 is 0 Å². The van der Waals surface area contributed by atoms with Gasteiger partial charge in [0.15, 0.2) is 0 Å². The normalized spacial score (nSPS) is 20.7. The molecule has 3 heteroatoms. The van der Waals surface area contributed by atoms with Crippen molar-refractivity contribution in [3.8, 4) is 11.5 Å². The Morgan fingerprint density at radius 2 is 1.81 bits per heavy atom. The minimum Gasteiger partial charge on any atom is -0.497 e. The van der Waals surface area contributed by atoms with Gasteiger partial charge in [0, 0.05) is 5.56 Å². The Kier molecular flexibility index (Phi) is 3.60. The summed E-state index contributed by atoms with van der Waals surface area (Å²) in [5, 5.41) is 0. The Labute approximate surface area is 125 Å². The highest BCUT2D eigenvalue weighted by Crippen LogP contribution is 2.43. The van der Waals surface area contributed by atoms with E-state index in [-0.39, 0.29) is 0 Å². The first-order valence-corrected chi connectivity index (χ1v) is 7.29. The Morgan fingerprint density at radius 3 is 2.57 bits per heavy atom. The number of ether oxygens (including phenoxy) is 2. The second-order valence-corrected chi connectivity index (χ2v) is 5.55. The maximum absolute atomic E-state index is 6.86. The fourth-order valence-electron chi connectivity index (χ4n) is 3.31. The monoisotopic (exact) mass is 283 g/mol. The van der Waals surface area contributed by atoms with Gasteiger partial charge in [0.05, 0.1) is 19.8 Å². The SMILES string of the molecule is COc1ccc(OC)c(C2(N)CCCc3ccccc32)c1. The summed E-state index contributed by atoms with van der Waals surface area (Å²) in [4.78, 5) is 0. The second kappa shape index (κ2) is 5.41. The molecule has 110 valence electrons. The lowest BCUT2D eigenvalue weighted by Crippen LogP contribution is -2.41. The predicted octanol–water partition coefficient (Wildman–Crippen LogP) is 3.24. The Balaban J connectivity index is 2.20. The van der Waals surface area contributed by atoms with E-state index in [1.807, 2.05) is 18.2 Å². The number of benzene rings is 2. The van der Waals surface area contributed by atoms with Crippen LogP contribution in [0, 0.1) is 0 Å². The summed E-state index contributed by atoms with van der Waals surface area (Å²) in [7, 11) is 3.35. The van der Waals surface area contributed by atoms with Crippen molar-refractivity contribution < 1.29 is 9.47 Å². The van der Waals surface area contributed by atoms with E-state index in [1.165, 1.54) is 11.1 Å². The summed E-state index contributed by atoms with van der Waals surface area (Å²) in [5.74, 6) is 1.62. The number of hydrogen-bond acceptors (Lipinski definition) is 3. The van der Waals surface area contributed by atoms with Gasteiger partial charge in [0.1, 0.15) is 11.5 Å². The third kappa shape index (κ3) is 2.28. The average Bonchev–Trinajstić information content (AvgIpc) is 2.54. The number of fused-ring (bicyclic) bond motifs is 1. The molecule has 1 atom stereocenters. The van der Waals surface area contributed by atoms with Crippen LogP contribution < -0.4 is 15.2 Å². The maximum Gasteiger partial charge on any atom is 0.124 e. The molecule has 3 rings (SSSR count). The minimum atomic E-state index is -0.519. The molecular weight excluding hydrogens is 262 g/mol. The highest BCUT2D eigenvalue weighted by molar-refractivity contribution is 5.52. The lowest BCUT2D eigenvalue weighted by Gasteiger charge is -2.37. The Morgan fingerprint density at radius 1 is 1.00 bits per heavy atom. The quantitative estimate of drug-likeness (QED) is 0.940. The van der Waals surface area contributed by atoms with Crippen molar-refractivity contribution >= 4 is 0 Å². The molecule has 2 aromatic carbocycles. The first kappa shape index (κ1) is 14.0. The van der Waals surface area contributed by atoms with Gasteiger partial charge >= 0.3 is 0 Å². The zero-order chi connectivity index (χ0) is 14.9. The summed E-state index contributed by atoms with van der Waals surface area (Å²) in [5.41, 5.74) is 9.86. The molecule has 2 aromatic rings. The lowest BCUT2D eigenvalue weighted by atomic mass is 9.73. The van der Waals surface area contributed by atoms with Gasteiger partial charge in [-0.3, -0.25) is 0 Å². The van der Waals surface area contributed by atoms with Crippen LogP contribution in [-0.2, 0) is 12.0 Å². The van der Waals surface area contributed by atoms with Crippen LogP contribution in [0.5, 0.6) is 11.5 Å². The summed E-state index contributed by atoms with van der Waals surface area (Å²) < 4.78 is 10.9. The van der Waals surface area contributed by atoms with Crippen molar-refractivity contribution in [3.05, 3.63) is 59.2 Å². The second-order valence-electron chi connectivity index (χ2n) is 5.55. The highest BCUT2D eigenvalue weighted by Gasteiger charge is 2.36. The molecule has 1 unspecified atom stereocenters. The van der Waals surface area contributed by atoms with Crippen LogP contribution in [0.25, 0.3) is 0 Å². The summed E-state index contributed by atoms with van der Waals surface area (Å²) in [6, 6.07) is 14.3. The molecule has 0 heterocycles. The van der Waals surface area contributed by atoms with Gasteiger partial charge < -0.3 is 15.2 Å². The van der Waals surface area contributed by atoms with Crippen molar-refractivity contribution in [2.24, 2.45) is 5.73 Å². The third-order valence-corrected chi connectivity index (χ3v) is 4.40. The number of hydrogen-bond donors (Lipinski definition) is 1. The molecule has 1 aliphatic rings. The smallest absolute Gasteiger partial charge is 0.124 e. The summed E-state index contributed by atoms with van der Waals surface area (Å²) in [6.07, 6.45) is 3.07. The van der Waals surface area contributed by atoms with Crippen LogP contribution in [0.1, 0.15) is 29.5 Å². The molecule has 0 fully saturated rings. The summed E-state index contributed by atoms with van der Waals surface area (Å²) >= 11 is 0. The lowest BCUT2D eigenvalue weighted by molar-refractivity contribution is 0.371. The van der Waals surface area contributed by atoms with Gasteiger partial charge in [0.25, 0.3) is 0 Å². The van der Waals surface area contributed by atoms with Crippen LogP contribution in [-0.4, -0.2) is 14.2 Å². The predicted molar refractivity (Wildman–Crippen MR) is 83.9 cm³/mol. The van der Waals surface area contributed by atoms with Crippen LogP contribution in [0.4, 0.5) is 0 Å². The van der Waals surface area contributed by atoms with Gasteiger partial charge in [-0.1, -0.05) is 24.3 Å². The molecule has 1 aliphatic carbocycles. The summed E-state index contributed by atoms with van der Waals surface area (Å²) in [6.45, 7) is 0. The molecule has 0 spiro atoms. The van der Waals surface area contributed by atoms with E-state index in [4.69, 9.17) is 15.2 Å². The van der Waals surface area contributed by atoms with Gasteiger partial charge in [-0.15, -0.1) is 0 Å². The van der Waals surface area contributed by atoms with Crippen molar-refractivity contribution in [2.45, 2.75) is 24.8 Å². The first-order chi connectivity index (χ1) is 10.2. The largest absolute Gasteiger partial charge is 0.497 e. The van der Waals surface area contributed by atoms with Crippen molar-refractivity contribution in [1.82, 2.24) is 0 Å². The zero-order valence-corrected chi connectivity index (χ0v) is 12.6. The zero-order valence-electron chi connectivity index (χ0n) is 12.6. The number of nitrogens with two attached hydrogens (primary N) is 1. The fourth-order valence-corrected chi connectivity index (χ4v) is 3.31. The van der Waals surface area contributed by atoms with E-state index in [9.17, 15) is 0 Å². The molecule has 0 saturated heterocycles. The van der Waals surface area contributed by atoms with Gasteiger partial charge in [-0.2, -0.15) is 0 Å². The topological polar surface area (TPSA) is 44.5 Å². The van der Waals surface area contributed by atoms with E-state index in [2.05, 4.69) is 24.3 Å². The fraction of sp³-hybridized carbons (Fsp3) is 0.333. The number of methoxy groups -OCH3 is 2. The minimum absolute atomic E-state index is 0.519. The highest BCUT2D eigenvalue weighted by atomic mass is 16.5. The van der Waals surface area contributed by atoms with E-state index < -0.39 is 5.54 Å². The van der Waals surface area contributed by atoms with E-state index in [0.29, 0.717) is 0 Å². The van der Waals surface area contributed by atoms with E-state index in [0.717, 1.165) is 36.3 Å². The first-order valence-electron chi connectivity index (χ1n) is 7.29. The molecule has 0 amide bonds. The Bertz CT molecular complexity index is 653. The van der Waals surface area contributed by atoms with Gasteiger partial charge in [-0.25, -0.2) is 0 Å². The number of aryl methyl sites for hydroxylation is 1. The molecule has 0 radical (unpaired) electrons. The van der Waals surface area contributed by atoms with Crippen LogP contribution >= 0.6 is 0 Å². The maximum atomic E-state index is 6.86. The van der Waals surface area contributed by atoms with Crippen LogP contribution in [0.15, 0.2) is 42.5 Å². The third-order valence-electron chi connectivity index (χ3n) is 4.40. The standard InChI is InChI=1S/C18H21NO2/c1-20-14-9-10-17(21-2)16(12-14)18(19)11-5-7-13-6-3-4-8-15(13)18/h3-4,6,8-10,12H,5,7,11,19H2,1-2H3. The average molecular weight is 283 g/mol. The Hall–Kier alpha value is -2.00. The van der Waals surface area contributed by atoms with Gasteiger partial charge in [-0.05, 0) is 48.6 Å². The molecule has 3 nitrogen and oxygen atoms in total. The molecule has 0 saturated carbocycles. The molecule has 0 aromatic heterocycles. The van der Waals surface area contributed by atoms with Gasteiger partial charge in [0.2, 0.25) is 0 Å². The van der Waals surface area contributed by atoms with Crippen molar-refractivity contribution in [1.29, 1.82) is 0 Å². The van der Waals surface area contributed by atoms with E-state index in [1.54, 1.807) is 14.2 Å². The number of rotatable bonds is 3. The van der Waals surface area contributed by atoms with Crippen molar-refractivity contribution in [2.75, 3.05) is 14.2 Å². The molecular formula is C18H21NO2. The molecule has 21 heavy (non-hydrogen) atoms. The molecule has 2 N–H and O–H groups in total.